The van der Waals surface area contributed by atoms with Gasteiger partial charge in [0.05, 0.1) is 13.2 Å². The highest BCUT2D eigenvalue weighted by molar-refractivity contribution is 5.85. The van der Waals surface area contributed by atoms with Crippen molar-refractivity contribution in [2.75, 3.05) is 13.7 Å². The van der Waals surface area contributed by atoms with Gasteiger partial charge in [-0.3, -0.25) is 4.79 Å². The molecule has 0 aliphatic carbocycles. The minimum Gasteiger partial charge on any atom is -0.460 e. The van der Waals surface area contributed by atoms with E-state index in [1.54, 1.807) is 6.92 Å². The van der Waals surface area contributed by atoms with Crippen LogP contribution in [0.4, 0.5) is 0 Å². The first-order valence-electron chi connectivity index (χ1n) is 4.83. The van der Waals surface area contributed by atoms with E-state index in [4.69, 9.17) is 4.74 Å². The maximum atomic E-state index is 11.4. The van der Waals surface area contributed by atoms with Gasteiger partial charge in [0.2, 0.25) is 5.91 Å². The van der Waals surface area contributed by atoms with Crippen LogP contribution in [0.2, 0.25) is 0 Å². The van der Waals surface area contributed by atoms with E-state index >= 15 is 0 Å². The third-order valence-corrected chi connectivity index (χ3v) is 1.82. The summed E-state index contributed by atoms with van der Waals surface area (Å²) in [6.07, 6.45) is 0.202. The molecule has 0 spiro atoms. The number of esters is 1. The highest BCUT2D eigenvalue weighted by Crippen LogP contribution is 1.97. The molecule has 1 aromatic heterocycles. The van der Waals surface area contributed by atoms with Crippen LogP contribution in [0.25, 0.3) is 0 Å². The number of nitrogens with zero attached hydrogens (tertiary/aromatic N) is 4. The number of rotatable bonds is 5. The molecule has 16 heavy (non-hydrogen) atoms. The number of carbonyl (C=O) groups excluding carboxylic acids is 2. The zero-order chi connectivity index (χ0) is 12.0. The second-order valence-corrected chi connectivity index (χ2v) is 2.87. The van der Waals surface area contributed by atoms with Gasteiger partial charge in [-0.2, -0.15) is 0 Å². The van der Waals surface area contributed by atoms with Crippen LogP contribution in [0.3, 0.4) is 0 Å². The molecule has 1 rings (SSSR count). The average molecular weight is 227 g/mol. The lowest BCUT2D eigenvalue weighted by atomic mass is 10.4. The first-order chi connectivity index (χ1) is 7.69. The number of tetrazole rings is 1. The largest absolute Gasteiger partial charge is 0.460 e. The molecule has 0 fully saturated rings. The Labute approximate surface area is 92.0 Å². The Kier molecular flexibility index (Phi) is 4.37. The molecule has 88 valence electrons. The van der Waals surface area contributed by atoms with Crippen LogP contribution in [-0.2, 0) is 16.1 Å². The molecule has 0 aliphatic rings. The highest BCUT2D eigenvalue weighted by Gasteiger charge is 2.16. The molecule has 8 nitrogen and oxygen atoms in total. The second kappa shape index (κ2) is 5.79. The van der Waals surface area contributed by atoms with Crippen LogP contribution in [0, 0.1) is 0 Å². The van der Waals surface area contributed by atoms with Crippen molar-refractivity contribution in [1.29, 1.82) is 0 Å². The van der Waals surface area contributed by atoms with E-state index in [0.29, 0.717) is 0 Å². The van der Waals surface area contributed by atoms with E-state index in [2.05, 4.69) is 20.8 Å². The molecule has 1 N–H and O–H groups in total. The molecule has 0 bridgehead atoms. The van der Waals surface area contributed by atoms with Gasteiger partial charge < -0.3 is 10.1 Å². The summed E-state index contributed by atoms with van der Waals surface area (Å²) < 4.78 is 6.00. The Morgan fingerprint density at radius 2 is 2.25 bits per heavy atom. The van der Waals surface area contributed by atoms with Crippen LogP contribution in [-0.4, -0.2) is 45.7 Å². The Hall–Kier alpha value is -1.99. The molecular weight excluding hydrogens is 214 g/mol. The number of hydrogen-bond donors (Lipinski definition) is 1. The van der Waals surface area contributed by atoms with Gasteiger partial charge in [-0.1, -0.05) is 0 Å². The smallest absolute Gasteiger partial charge is 0.378 e. The van der Waals surface area contributed by atoms with Crippen molar-refractivity contribution in [3.8, 4) is 0 Å². The van der Waals surface area contributed by atoms with Crippen molar-refractivity contribution < 1.29 is 14.3 Å². The summed E-state index contributed by atoms with van der Waals surface area (Å²) in [4.78, 5) is 22.4. The van der Waals surface area contributed by atoms with Gasteiger partial charge in [0.15, 0.2) is 0 Å². The number of aryl methyl sites for hydroxylation is 1. The van der Waals surface area contributed by atoms with Gasteiger partial charge in [-0.25, -0.2) is 9.48 Å². The number of nitrogens with one attached hydrogen (secondary N) is 1. The average Bonchev–Trinajstić information content (AvgIpc) is 2.74. The summed E-state index contributed by atoms with van der Waals surface area (Å²) in [7, 11) is 1.54. The van der Waals surface area contributed by atoms with E-state index in [1.807, 2.05) is 0 Å². The predicted molar refractivity (Wildman–Crippen MR) is 52.5 cm³/mol. The lowest BCUT2D eigenvalue weighted by Gasteiger charge is -2.03. The van der Waals surface area contributed by atoms with Gasteiger partial charge in [0.1, 0.15) is 0 Å². The summed E-state index contributed by atoms with van der Waals surface area (Å²) in [5.41, 5.74) is 0. The zero-order valence-electron chi connectivity index (χ0n) is 9.13. The van der Waals surface area contributed by atoms with Crippen molar-refractivity contribution in [3.63, 3.8) is 0 Å². The molecule has 0 radical (unpaired) electrons. The summed E-state index contributed by atoms with van der Waals surface area (Å²) >= 11 is 0. The summed E-state index contributed by atoms with van der Waals surface area (Å²) in [5, 5.41) is 13.0. The van der Waals surface area contributed by atoms with Crippen molar-refractivity contribution in [2.24, 2.45) is 0 Å². The minimum absolute atomic E-state index is 0.00533. The molecule has 1 amide bonds. The van der Waals surface area contributed by atoms with Crippen molar-refractivity contribution in [2.45, 2.75) is 19.9 Å². The molecule has 8 heteroatoms. The van der Waals surface area contributed by atoms with E-state index in [1.165, 1.54) is 11.7 Å². The SMILES string of the molecule is CCOC(=O)c1nnnn1CCC(=O)NC. The van der Waals surface area contributed by atoms with E-state index in [9.17, 15) is 9.59 Å². The quantitative estimate of drug-likeness (QED) is 0.647. The molecule has 0 aliphatic heterocycles. The molecule has 0 saturated carbocycles. The molecule has 0 aromatic carbocycles. The lowest BCUT2D eigenvalue weighted by molar-refractivity contribution is -0.120. The van der Waals surface area contributed by atoms with Crippen LogP contribution in [0.5, 0.6) is 0 Å². The summed E-state index contributed by atoms with van der Waals surface area (Å²) in [5.74, 6) is -0.736. The van der Waals surface area contributed by atoms with Gasteiger partial charge in [-0.05, 0) is 17.4 Å². The van der Waals surface area contributed by atoms with Gasteiger partial charge in [-0.15, -0.1) is 5.10 Å². The van der Waals surface area contributed by atoms with Gasteiger partial charge in [0, 0.05) is 13.5 Å². The summed E-state index contributed by atoms with van der Waals surface area (Å²) in [6.45, 7) is 2.18. The lowest BCUT2D eigenvalue weighted by Crippen LogP contribution is -2.22. The molecule has 0 saturated heterocycles. The van der Waals surface area contributed by atoms with Crippen LogP contribution in [0.1, 0.15) is 24.0 Å². The standard InChI is InChI=1S/C8H13N5O3/c1-3-16-8(15)7-10-11-12-13(7)5-4-6(14)9-2/h3-5H2,1-2H3,(H,9,14). The highest BCUT2D eigenvalue weighted by atomic mass is 16.5. The van der Waals surface area contributed by atoms with Crippen molar-refractivity contribution in [1.82, 2.24) is 25.5 Å². The topological polar surface area (TPSA) is 99.0 Å². The Bertz CT molecular complexity index is 376. The van der Waals surface area contributed by atoms with E-state index in [-0.39, 0.29) is 31.3 Å². The maximum absolute atomic E-state index is 11.4. The van der Waals surface area contributed by atoms with Crippen molar-refractivity contribution in [3.05, 3.63) is 5.82 Å². The molecule has 0 atom stereocenters. The minimum atomic E-state index is -0.593. The first kappa shape index (κ1) is 12.1. The normalized spacial score (nSPS) is 9.88. The molecule has 1 heterocycles. The fourth-order valence-corrected chi connectivity index (χ4v) is 1.03. The Morgan fingerprint density at radius 1 is 1.50 bits per heavy atom. The number of aromatic nitrogens is 4. The van der Waals surface area contributed by atoms with Crippen LogP contribution < -0.4 is 5.32 Å². The van der Waals surface area contributed by atoms with Crippen molar-refractivity contribution >= 4 is 11.9 Å². The van der Waals surface area contributed by atoms with Crippen LogP contribution >= 0.6 is 0 Å². The summed E-state index contributed by atoms with van der Waals surface area (Å²) in [6, 6.07) is 0. The van der Waals surface area contributed by atoms with Gasteiger partial charge in [0.25, 0.3) is 5.82 Å². The number of carbonyl (C=O) groups is 2. The Balaban J connectivity index is 2.63. The van der Waals surface area contributed by atoms with E-state index < -0.39 is 5.97 Å². The number of amides is 1. The monoisotopic (exact) mass is 227 g/mol. The molecular formula is C8H13N5O3. The maximum Gasteiger partial charge on any atom is 0.378 e. The Morgan fingerprint density at radius 3 is 2.88 bits per heavy atom. The third kappa shape index (κ3) is 3.01. The predicted octanol–water partition coefficient (Wildman–Crippen LogP) is -1.01. The van der Waals surface area contributed by atoms with E-state index in [0.717, 1.165) is 0 Å². The first-order valence-corrected chi connectivity index (χ1v) is 4.83. The number of ether oxygens (including phenoxy) is 1. The fraction of sp³-hybridized carbons (Fsp3) is 0.625. The van der Waals surface area contributed by atoms with Crippen LogP contribution in [0.15, 0.2) is 0 Å². The number of hydrogen-bond acceptors (Lipinski definition) is 6. The third-order valence-electron chi connectivity index (χ3n) is 1.82. The molecule has 1 aromatic rings. The second-order valence-electron chi connectivity index (χ2n) is 2.87. The zero-order valence-corrected chi connectivity index (χ0v) is 9.13. The fourth-order valence-electron chi connectivity index (χ4n) is 1.03. The van der Waals surface area contributed by atoms with Gasteiger partial charge >= 0.3 is 5.97 Å². The molecule has 0 unspecified atom stereocenters.